The summed E-state index contributed by atoms with van der Waals surface area (Å²) in [4.78, 5) is 24.1. The van der Waals surface area contributed by atoms with Crippen molar-refractivity contribution in [1.82, 2.24) is 34.7 Å². The molecule has 0 aliphatic carbocycles. The van der Waals surface area contributed by atoms with Gasteiger partial charge in [-0.25, -0.2) is 4.79 Å². The van der Waals surface area contributed by atoms with Crippen LogP contribution in [0, 0.1) is 68.0 Å². The van der Waals surface area contributed by atoms with Crippen LogP contribution >= 0.6 is 0 Å². The van der Waals surface area contributed by atoms with Gasteiger partial charge >= 0.3 is 6.03 Å². The lowest BCUT2D eigenvalue weighted by Gasteiger charge is -2.28. The molecule has 39 heavy (non-hydrogen) atoms. The highest BCUT2D eigenvalue weighted by Crippen LogP contribution is 2.09. The molecule has 1 N–H and O–H groups in total. The molecule has 208 valence electrons. The number of hydrogen-bond acceptors (Lipinski definition) is 12. The maximum atomic E-state index is 13.0. The van der Waals surface area contributed by atoms with Crippen LogP contribution in [0.5, 0.6) is 0 Å². The van der Waals surface area contributed by atoms with E-state index in [1.165, 1.54) is 0 Å². The molecule has 0 bridgehead atoms. The molecule has 0 saturated carbocycles. The van der Waals surface area contributed by atoms with E-state index in [2.05, 4.69) is 28.4 Å². The molecule has 1 aliphatic rings. The summed E-state index contributed by atoms with van der Waals surface area (Å²) < 4.78 is 0. The number of nitrogens with one attached hydrogen (secondary N) is 1. The van der Waals surface area contributed by atoms with Gasteiger partial charge in [-0.3, -0.25) is 19.6 Å². The second-order valence-corrected chi connectivity index (χ2v) is 8.92. The molecule has 0 aromatic heterocycles. The van der Waals surface area contributed by atoms with Gasteiger partial charge in [0.15, 0.2) is 0 Å². The molecule has 1 fully saturated rings. The third-order valence-electron chi connectivity index (χ3n) is 6.30. The van der Waals surface area contributed by atoms with E-state index >= 15 is 0 Å². The summed E-state index contributed by atoms with van der Waals surface area (Å²) in [6.45, 7) is 7.89. The van der Waals surface area contributed by atoms with Crippen LogP contribution in [0.15, 0.2) is 0 Å². The van der Waals surface area contributed by atoms with E-state index < -0.39 is 0 Å². The summed E-state index contributed by atoms with van der Waals surface area (Å²) in [5.74, 6) is 0. The van der Waals surface area contributed by atoms with Gasteiger partial charge in [-0.15, -0.1) is 0 Å². The molecule has 1 saturated heterocycles. The summed E-state index contributed by atoms with van der Waals surface area (Å²) >= 11 is 0. The topological polar surface area (TPSA) is 191 Å². The molecule has 2 amide bonds. The highest BCUT2D eigenvalue weighted by atomic mass is 16.2. The van der Waals surface area contributed by atoms with Gasteiger partial charge in [0.05, 0.1) is 75.7 Å². The van der Waals surface area contributed by atoms with Crippen LogP contribution in [0.3, 0.4) is 0 Å². The van der Waals surface area contributed by atoms with Crippen LogP contribution in [0.25, 0.3) is 0 Å². The molecule has 0 atom stereocenters. The second-order valence-electron chi connectivity index (χ2n) is 8.92. The molecule has 1 heterocycles. The van der Waals surface area contributed by atoms with Crippen LogP contribution in [0.1, 0.15) is 0 Å². The predicted molar refractivity (Wildman–Crippen MR) is 141 cm³/mol. The van der Waals surface area contributed by atoms with Crippen molar-refractivity contribution in [1.29, 1.82) is 31.6 Å². The molecule has 1 aliphatic heterocycles. The fourth-order valence-corrected chi connectivity index (χ4v) is 4.05. The number of carbonyl (C=O) groups excluding carboxylic acids is 1. The first-order chi connectivity index (χ1) is 19.0. The Bertz CT molecular complexity index is 945. The monoisotopic (exact) mass is 535 g/mol. The van der Waals surface area contributed by atoms with Crippen molar-refractivity contribution in [2.75, 3.05) is 118 Å². The van der Waals surface area contributed by atoms with Gasteiger partial charge in [0.1, 0.15) is 0 Å². The first-order valence-corrected chi connectivity index (χ1v) is 12.9. The van der Waals surface area contributed by atoms with E-state index in [1.807, 2.05) is 23.1 Å². The SMILES string of the molecule is N#CCNCCN(CCN(CC#N)CC#N)CCN1CCN(CCN(CC#N)CCN(CC#N)CC#N)C1=O. The van der Waals surface area contributed by atoms with Crippen LogP contribution in [-0.4, -0.2) is 153 Å². The van der Waals surface area contributed by atoms with Crippen molar-refractivity contribution >= 4 is 6.03 Å². The standard InChI is InChI=1S/C25H37N13O/c26-1-7-32-8-14-36(18-16-34(11-4-29)12-5-30)20-22-38-24-23-37(25(38)39)21-19-35(13-6-31)17-15-33(9-2-27)10-3-28/h32H,7-24H2. The Kier molecular flexibility index (Phi) is 17.8. The fourth-order valence-electron chi connectivity index (χ4n) is 4.05. The highest BCUT2D eigenvalue weighted by molar-refractivity contribution is 5.76. The van der Waals surface area contributed by atoms with Crippen molar-refractivity contribution in [3.8, 4) is 36.4 Å². The quantitative estimate of drug-likeness (QED) is 0.135. The minimum absolute atomic E-state index is 0.0550. The second kappa shape index (κ2) is 21.0. The lowest BCUT2D eigenvalue weighted by atomic mass is 10.3. The summed E-state index contributed by atoms with van der Waals surface area (Å²) in [5.41, 5.74) is 0. The van der Waals surface area contributed by atoms with E-state index in [-0.39, 0.29) is 45.3 Å². The molecule has 0 aromatic rings. The van der Waals surface area contributed by atoms with Crippen molar-refractivity contribution in [2.24, 2.45) is 0 Å². The van der Waals surface area contributed by atoms with Crippen LogP contribution < -0.4 is 5.32 Å². The van der Waals surface area contributed by atoms with E-state index in [4.69, 9.17) is 26.3 Å². The number of hydrogen-bond donors (Lipinski definition) is 1. The number of nitrogens with zero attached hydrogens (tertiary/aromatic N) is 12. The Morgan fingerprint density at radius 1 is 0.564 bits per heavy atom. The van der Waals surface area contributed by atoms with Gasteiger partial charge in [0.25, 0.3) is 0 Å². The first kappa shape index (κ1) is 33.0. The van der Waals surface area contributed by atoms with Crippen molar-refractivity contribution in [3.05, 3.63) is 0 Å². The van der Waals surface area contributed by atoms with Gasteiger partial charge in [-0.2, -0.15) is 31.6 Å². The van der Waals surface area contributed by atoms with E-state index in [9.17, 15) is 10.1 Å². The zero-order chi connectivity index (χ0) is 28.7. The molecule has 0 spiro atoms. The lowest BCUT2D eigenvalue weighted by Crippen LogP contribution is -2.44. The molecule has 0 aromatic carbocycles. The zero-order valence-electron chi connectivity index (χ0n) is 22.5. The van der Waals surface area contributed by atoms with E-state index in [1.54, 1.807) is 19.6 Å². The minimum atomic E-state index is -0.0550. The van der Waals surface area contributed by atoms with Gasteiger partial charge in [0, 0.05) is 78.5 Å². The molecule has 14 nitrogen and oxygen atoms in total. The molecular weight excluding hydrogens is 498 g/mol. The average Bonchev–Trinajstić information content (AvgIpc) is 3.28. The molecule has 0 radical (unpaired) electrons. The maximum Gasteiger partial charge on any atom is 0.320 e. The predicted octanol–water partition coefficient (Wildman–Crippen LogP) is -1.34. The fraction of sp³-hybridized carbons (Fsp3) is 0.720. The van der Waals surface area contributed by atoms with E-state index in [0.717, 1.165) is 0 Å². The van der Waals surface area contributed by atoms with Crippen molar-refractivity contribution in [2.45, 2.75) is 0 Å². The summed E-state index contributed by atoms with van der Waals surface area (Å²) in [5, 5.41) is 56.8. The number of nitriles is 6. The summed E-state index contributed by atoms with van der Waals surface area (Å²) in [6.07, 6.45) is 0. The largest absolute Gasteiger partial charge is 0.322 e. The van der Waals surface area contributed by atoms with Gasteiger partial charge in [-0.05, 0) is 0 Å². The third-order valence-corrected chi connectivity index (χ3v) is 6.30. The molecule has 0 unspecified atom stereocenters. The highest BCUT2D eigenvalue weighted by Gasteiger charge is 2.28. The lowest BCUT2D eigenvalue weighted by molar-refractivity contribution is 0.171. The van der Waals surface area contributed by atoms with Crippen LogP contribution in [-0.2, 0) is 0 Å². The number of rotatable bonds is 21. The Balaban J connectivity index is 2.59. The zero-order valence-corrected chi connectivity index (χ0v) is 22.5. The Labute approximate surface area is 231 Å². The number of urea groups is 1. The Morgan fingerprint density at radius 2 is 0.974 bits per heavy atom. The van der Waals surface area contributed by atoms with Gasteiger partial charge in [0.2, 0.25) is 0 Å². The number of amides is 2. The molecule has 1 rings (SSSR count). The molecule has 14 heteroatoms. The normalized spacial score (nSPS) is 12.8. The Morgan fingerprint density at radius 3 is 1.44 bits per heavy atom. The smallest absolute Gasteiger partial charge is 0.320 e. The van der Waals surface area contributed by atoms with Gasteiger partial charge in [-0.1, -0.05) is 0 Å². The third kappa shape index (κ3) is 13.9. The maximum absolute atomic E-state index is 13.0. The number of carbonyl (C=O) groups is 1. The first-order valence-electron chi connectivity index (χ1n) is 12.9. The minimum Gasteiger partial charge on any atom is -0.322 e. The Hall–Kier alpha value is -3.99. The van der Waals surface area contributed by atoms with Crippen molar-refractivity contribution in [3.63, 3.8) is 0 Å². The summed E-state index contributed by atoms with van der Waals surface area (Å²) in [7, 11) is 0. The van der Waals surface area contributed by atoms with Gasteiger partial charge < -0.3 is 15.1 Å². The van der Waals surface area contributed by atoms with E-state index in [0.29, 0.717) is 78.5 Å². The van der Waals surface area contributed by atoms with Crippen molar-refractivity contribution < 1.29 is 4.79 Å². The molecular formula is C25H37N13O. The van der Waals surface area contributed by atoms with Crippen LogP contribution in [0.2, 0.25) is 0 Å². The average molecular weight is 536 g/mol. The summed E-state index contributed by atoms with van der Waals surface area (Å²) in [6, 6.07) is 12.4. The van der Waals surface area contributed by atoms with Crippen LogP contribution in [0.4, 0.5) is 4.79 Å².